The lowest BCUT2D eigenvalue weighted by molar-refractivity contribution is -0.112. The van der Waals surface area contributed by atoms with Gasteiger partial charge in [-0.15, -0.1) is 0 Å². The lowest BCUT2D eigenvalue weighted by atomic mass is 9.95. The minimum Gasteiger partial charge on any atom is -0.302 e. The molecule has 0 bridgehead atoms. The van der Waals surface area contributed by atoms with E-state index in [0.29, 0.717) is 0 Å². The van der Waals surface area contributed by atoms with Gasteiger partial charge in [0.25, 0.3) is 0 Å². The molecule has 0 atom stereocenters. The van der Waals surface area contributed by atoms with Gasteiger partial charge in [0, 0.05) is 5.41 Å². The molecule has 0 radical (unpaired) electrons. The van der Waals surface area contributed by atoms with Crippen molar-refractivity contribution >= 4 is 6.29 Å². The summed E-state index contributed by atoms with van der Waals surface area (Å²) in [6, 6.07) is 0. The third kappa shape index (κ3) is 11.4. The minimum atomic E-state index is -0.326. The fourth-order valence-corrected chi connectivity index (χ4v) is 1.49. The highest BCUT2D eigenvalue weighted by Crippen LogP contribution is 2.12. The van der Waals surface area contributed by atoms with Gasteiger partial charge in [0.2, 0.25) is 0 Å². The van der Waals surface area contributed by atoms with Crippen LogP contribution in [0.5, 0.6) is 0 Å². The van der Waals surface area contributed by atoms with Crippen molar-refractivity contribution in [1.29, 1.82) is 0 Å². The van der Waals surface area contributed by atoms with Crippen LogP contribution in [-0.2, 0) is 4.79 Å². The summed E-state index contributed by atoms with van der Waals surface area (Å²) in [5, 5.41) is 0. The molecule has 1 nitrogen and oxygen atoms in total. The van der Waals surface area contributed by atoms with Gasteiger partial charge in [-0.1, -0.05) is 56.2 Å². The highest BCUT2D eigenvalue weighted by atomic mass is 16.1. The summed E-state index contributed by atoms with van der Waals surface area (Å²) in [6.45, 7) is 6.06. The van der Waals surface area contributed by atoms with Gasteiger partial charge in [-0.25, -0.2) is 0 Å². The molecule has 0 heterocycles. The van der Waals surface area contributed by atoms with E-state index in [4.69, 9.17) is 0 Å². The number of carbonyl (C=O) groups is 1. The van der Waals surface area contributed by atoms with Crippen LogP contribution in [0.2, 0.25) is 0 Å². The highest BCUT2D eigenvalue weighted by molar-refractivity contribution is 5.61. The molecule has 0 fully saturated rings. The van der Waals surface area contributed by atoms with Gasteiger partial charge < -0.3 is 4.79 Å². The van der Waals surface area contributed by atoms with Crippen LogP contribution in [0.1, 0.15) is 59.3 Å². The number of carbonyl (C=O) groups excluding carboxylic acids is 1. The van der Waals surface area contributed by atoms with Gasteiger partial charge in [-0.05, 0) is 39.5 Å². The Labute approximate surface area is 113 Å². The molecule has 0 unspecified atom stereocenters. The topological polar surface area (TPSA) is 17.1 Å². The van der Waals surface area contributed by atoms with Crippen molar-refractivity contribution in [3.8, 4) is 0 Å². The second kappa shape index (κ2) is 11.0. The molecule has 0 aliphatic heterocycles. The van der Waals surface area contributed by atoms with Gasteiger partial charge in [0.1, 0.15) is 6.29 Å². The molecule has 0 aromatic heterocycles. The molecule has 18 heavy (non-hydrogen) atoms. The van der Waals surface area contributed by atoms with E-state index in [9.17, 15) is 4.79 Å². The van der Waals surface area contributed by atoms with E-state index in [2.05, 4.69) is 37.3 Å². The summed E-state index contributed by atoms with van der Waals surface area (Å²) >= 11 is 0. The molecular weight excluding hydrogens is 220 g/mol. The van der Waals surface area contributed by atoms with E-state index in [-0.39, 0.29) is 5.41 Å². The number of rotatable bonds is 10. The zero-order valence-corrected chi connectivity index (χ0v) is 12.2. The maximum absolute atomic E-state index is 10.7. The average molecular weight is 248 g/mol. The Kier molecular flexibility index (Phi) is 10.3. The molecule has 0 N–H and O–H groups in total. The molecule has 0 saturated heterocycles. The van der Waals surface area contributed by atoms with Crippen LogP contribution < -0.4 is 0 Å². The fourth-order valence-electron chi connectivity index (χ4n) is 1.49. The predicted molar refractivity (Wildman–Crippen MR) is 80.6 cm³/mol. The molecule has 0 spiro atoms. The summed E-state index contributed by atoms with van der Waals surface area (Å²) < 4.78 is 0. The van der Waals surface area contributed by atoms with Crippen LogP contribution in [0, 0.1) is 5.41 Å². The Balaban J connectivity index is 3.57. The van der Waals surface area contributed by atoms with Crippen LogP contribution >= 0.6 is 0 Å². The second-order valence-corrected chi connectivity index (χ2v) is 5.25. The largest absolute Gasteiger partial charge is 0.302 e. The van der Waals surface area contributed by atoms with Crippen molar-refractivity contribution in [2.45, 2.75) is 59.3 Å². The van der Waals surface area contributed by atoms with Crippen molar-refractivity contribution in [2.75, 3.05) is 0 Å². The third-order valence-corrected chi connectivity index (χ3v) is 2.70. The molecule has 0 rings (SSSR count). The van der Waals surface area contributed by atoms with Crippen LogP contribution in [0.4, 0.5) is 0 Å². The molecule has 0 aliphatic carbocycles. The monoisotopic (exact) mass is 248 g/mol. The van der Waals surface area contributed by atoms with Crippen molar-refractivity contribution in [1.82, 2.24) is 0 Å². The van der Waals surface area contributed by atoms with Crippen LogP contribution in [0.15, 0.2) is 36.5 Å². The summed E-state index contributed by atoms with van der Waals surface area (Å²) in [5.41, 5.74) is -0.326. The lowest BCUT2D eigenvalue weighted by Crippen LogP contribution is -2.07. The van der Waals surface area contributed by atoms with Gasteiger partial charge >= 0.3 is 0 Å². The quantitative estimate of drug-likeness (QED) is 0.293. The summed E-state index contributed by atoms with van der Waals surface area (Å²) in [4.78, 5) is 10.7. The van der Waals surface area contributed by atoms with E-state index >= 15 is 0 Å². The van der Waals surface area contributed by atoms with Crippen molar-refractivity contribution < 1.29 is 4.79 Å². The Morgan fingerprint density at radius 2 is 1.50 bits per heavy atom. The van der Waals surface area contributed by atoms with Crippen LogP contribution in [0.25, 0.3) is 0 Å². The van der Waals surface area contributed by atoms with E-state index in [1.807, 2.05) is 19.9 Å². The smallest absolute Gasteiger partial charge is 0.129 e. The number of hydrogen-bond donors (Lipinski definition) is 0. The van der Waals surface area contributed by atoms with E-state index in [1.54, 1.807) is 0 Å². The molecule has 0 saturated carbocycles. The van der Waals surface area contributed by atoms with Gasteiger partial charge in [0.05, 0.1) is 0 Å². The van der Waals surface area contributed by atoms with Gasteiger partial charge in [-0.2, -0.15) is 0 Å². The average Bonchev–Trinajstić information content (AvgIpc) is 2.36. The van der Waals surface area contributed by atoms with E-state index < -0.39 is 0 Å². The summed E-state index contributed by atoms with van der Waals surface area (Å²) in [5.74, 6) is 0. The SMILES string of the molecule is CCCCC/C=C\C/C=C\C/C=C\C(C)(C)C=O. The zero-order chi connectivity index (χ0) is 13.7. The van der Waals surface area contributed by atoms with Gasteiger partial charge in [-0.3, -0.25) is 0 Å². The van der Waals surface area contributed by atoms with Crippen molar-refractivity contribution in [3.05, 3.63) is 36.5 Å². The first-order valence-electron chi connectivity index (χ1n) is 7.06. The van der Waals surface area contributed by atoms with Crippen LogP contribution in [-0.4, -0.2) is 6.29 Å². The normalized spacial score (nSPS) is 13.1. The molecule has 0 amide bonds. The first-order chi connectivity index (χ1) is 8.62. The molecule has 102 valence electrons. The van der Waals surface area contributed by atoms with E-state index in [1.165, 1.54) is 25.7 Å². The molecule has 0 aromatic carbocycles. The number of aldehydes is 1. The Hall–Kier alpha value is -1.11. The first kappa shape index (κ1) is 16.9. The maximum atomic E-state index is 10.7. The Bertz CT molecular complexity index is 282. The second-order valence-electron chi connectivity index (χ2n) is 5.25. The van der Waals surface area contributed by atoms with Gasteiger partial charge in [0.15, 0.2) is 0 Å². The number of unbranched alkanes of at least 4 members (excludes halogenated alkanes) is 3. The maximum Gasteiger partial charge on any atom is 0.129 e. The highest BCUT2D eigenvalue weighted by Gasteiger charge is 2.09. The Morgan fingerprint density at radius 3 is 2.11 bits per heavy atom. The zero-order valence-electron chi connectivity index (χ0n) is 12.2. The summed E-state index contributed by atoms with van der Waals surface area (Å²) in [7, 11) is 0. The molecule has 1 heteroatoms. The first-order valence-corrected chi connectivity index (χ1v) is 7.06. The van der Waals surface area contributed by atoms with Crippen molar-refractivity contribution in [2.24, 2.45) is 5.41 Å². The third-order valence-electron chi connectivity index (χ3n) is 2.70. The number of allylic oxidation sites excluding steroid dienone is 6. The van der Waals surface area contributed by atoms with Crippen molar-refractivity contribution in [3.63, 3.8) is 0 Å². The lowest BCUT2D eigenvalue weighted by Gasteiger charge is -2.08. The number of hydrogen-bond acceptors (Lipinski definition) is 1. The van der Waals surface area contributed by atoms with Crippen LogP contribution in [0.3, 0.4) is 0 Å². The molecule has 0 aliphatic rings. The van der Waals surface area contributed by atoms with E-state index in [0.717, 1.165) is 19.1 Å². The Morgan fingerprint density at radius 1 is 0.889 bits per heavy atom. The molecule has 0 aromatic rings. The standard InChI is InChI=1S/C17H28O/c1-4-5-6-7-8-9-10-11-12-13-14-15-17(2,3)16-18/h8-9,11-12,14-16H,4-7,10,13H2,1-3H3/b9-8-,12-11-,15-14-. The fraction of sp³-hybridized carbons (Fsp3) is 0.588. The summed E-state index contributed by atoms with van der Waals surface area (Å²) in [6.07, 6.45) is 20.9. The minimum absolute atomic E-state index is 0.326. The predicted octanol–water partition coefficient (Wildman–Crippen LogP) is 5.24. The molecular formula is C17H28O.